The topological polar surface area (TPSA) is 89.6 Å². The first-order valence-electron chi connectivity index (χ1n) is 9.64. The molecule has 0 unspecified atom stereocenters. The summed E-state index contributed by atoms with van der Waals surface area (Å²) in [7, 11) is 0. The monoisotopic (exact) mass is 434 g/mol. The predicted molar refractivity (Wildman–Crippen MR) is 121 cm³/mol. The third-order valence-electron chi connectivity index (χ3n) is 4.81. The second kappa shape index (κ2) is 8.65. The van der Waals surface area contributed by atoms with E-state index in [0.717, 1.165) is 16.7 Å². The molecule has 8 heteroatoms. The van der Waals surface area contributed by atoms with Gasteiger partial charge in [-0.25, -0.2) is 24.3 Å². The molecule has 0 fully saturated rings. The maximum Gasteiger partial charge on any atom is 0.219 e. The average molecular weight is 435 g/mol. The molecule has 4 aromatic rings. The number of nitrogen functional groups attached to an aromatic ring is 1. The van der Waals surface area contributed by atoms with E-state index >= 15 is 0 Å². The lowest BCUT2D eigenvalue weighted by Gasteiger charge is -2.17. The SMILES string of the molecule is Cc1nc(N[C@@H](C)c2cccc(-c3cnc(N)nc3)c2)cc(-c2ccc(Cl)c(F)c2)n1. The summed E-state index contributed by atoms with van der Waals surface area (Å²) >= 11 is 5.80. The Hall–Kier alpha value is -3.58. The number of aromatic nitrogens is 4. The van der Waals surface area contributed by atoms with E-state index in [1.165, 1.54) is 12.1 Å². The second-order valence-corrected chi connectivity index (χ2v) is 7.54. The molecule has 2 heterocycles. The lowest BCUT2D eigenvalue weighted by atomic mass is 10.0. The van der Waals surface area contributed by atoms with Crippen LogP contribution in [-0.4, -0.2) is 19.9 Å². The van der Waals surface area contributed by atoms with Crippen LogP contribution in [-0.2, 0) is 0 Å². The number of hydrogen-bond donors (Lipinski definition) is 2. The van der Waals surface area contributed by atoms with Crippen molar-refractivity contribution in [2.45, 2.75) is 19.9 Å². The predicted octanol–water partition coefficient (Wildman–Crippen LogP) is 5.46. The Morgan fingerprint density at radius 2 is 1.74 bits per heavy atom. The molecular formula is C23H20ClFN6. The van der Waals surface area contributed by atoms with Crippen LogP contribution in [0.25, 0.3) is 22.4 Å². The highest BCUT2D eigenvalue weighted by Gasteiger charge is 2.12. The van der Waals surface area contributed by atoms with Crippen molar-refractivity contribution in [1.29, 1.82) is 0 Å². The molecule has 0 bridgehead atoms. The van der Waals surface area contributed by atoms with Crippen LogP contribution in [0.15, 0.2) is 60.9 Å². The summed E-state index contributed by atoms with van der Waals surface area (Å²) in [5, 5.41) is 3.48. The number of benzene rings is 2. The number of nitrogens with two attached hydrogens (primary N) is 1. The van der Waals surface area contributed by atoms with Crippen molar-refractivity contribution in [3.63, 3.8) is 0 Å². The minimum atomic E-state index is -0.484. The molecule has 2 aromatic heterocycles. The van der Waals surface area contributed by atoms with Gasteiger partial charge < -0.3 is 11.1 Å². The maximum atomic E-state index is 13.9. The molecule has 3 N–H and O–H groups in total. The zero-order valence-corrected chi connectivity index (χ0v) is 17.7. The molecule has 0 saturated heterocycles. The van der Waals surface area contributed by atoms with Crippen molar-refractivity contribution in [2.24, 2.45) is 0 Å². The van der Waals surface area contributed by atoms with Gasteiger partial charge in [0.05, 0.1) is 10.7 Å². The molecule has 0 aliphatic rings. The smallest absolute Gasteiger partial charge is 0.219 e. The van der Waals surface area contributed by atoms with E-state index in [1.54, 1.807) is 31.5 Å². The summed E-state index contributed by atoms with van der Waals surface area (Å²) in [4.78, 5) is 17.0. The molecule has 0 saturated carbocycles. The van der Waals surface area contributed by atoms with Crippen molar-refractivity contribution in [2.75, 3.05) is 11.1 Å². The Balaban J connectivity index is 1.59. The normalized spacial score (nSPS) is 11.9. The molecular weight excluding hydrogens is 415 g/mol. The van der Waals surface area contributed by atoms with Gasteiger partial charge in [-0.2, -0.15) is 0 Å². The number of rotatable bonds is 5. The molecule has 0 aliphatic heterocycles. The fourth-order valence-corrected chi connectivity index (χ4v) is 3.34. The van der Waals surface area contributed by atoms with Gasteiger partial charge in [-0.1, -0.05) is 35.9 Å². The minimum Gasteiger partial charge on any atom is -0.368 e. The van der Waals surface area contributed by atoms with Crippen LogP contribution < -0.4 is 11.1 Å². The van der Waals surface area contributed by atoms with Crippen molar-refractivity contribution in [3.8, 4) is 22.4 Å². The molecule has 31 heavy (non-hydrogen) atoms. The van der Waals surface area contributed by atoms with Crippen molar-refractivity contribution in [1.82, 2.24) is 19.9 Å². The molecule has 4 rings (SSSR count). The van der Waals surface area contributed by atoms with Gasteiger partial charge in [-0.05, 0) is 43.2 Å². The number of hydrogen-bond acceptors (Lipinski definition) is 6. The second-order valence-electron chi connectivity index (χ2n) is 7.14. The van der Waals surface area contributed by atoms with E-state index < -0.39 is 5.82 Å². The zero-order chi connectivity index (χ0) is 22.0. The van der Waals surface area contributed by atoms with Crippen molar-refractivity contribution < 1.29 is 4.39 Å². The quantitative estimate of drug-likeness (QED) is 0.433. The van der Waals surface area contributed by atoms with Crippen molar-refractivity contribution >= 4 is 23.4 Å². The Morgan fingerprint density at radius 1 is 0.968 bits per heavy atom. The van der Waals surface area contributed by atoms with Gasteiger partial charge >= 0.3 is 0 Å². The first kappa shape index (κ1) is 20.7. The first-order chi connectivity index (χ1) is 14.9. The van der Waals surface area contributed by atoms with Gasteiger partial charge in [0, 0.05) is 35.6 Å². The zero-order valence-electron chi connectivity index (χ0n) is 17.0. The number of anilines is 2. The molecule has 2 aromatic carbocycles. The van der Waals surface area contributed by atoms with E-state index in [4.69, 9.17) is 17.3 Å². The molecule has 0 spiro atoms. The van der Waals surface area contributed by atoms with Crippen LogP contribution in [0.2, 0.25) is 5.02 Å². The Kier molecular flexibility index (Phi) is 5.77. The summed E-state index contributed by atoms with van der Waals surface area (Å²) in [6, 6.07) is 14.4. The third kappa shape index (κ3) is 4.78. The Labute approximate surface area is 184 Å². The molecule has 0 amide bonds. The third-order valence-corrected chi connectivity index (χ3v) is 5.12. The highest BCUT2D eigenvalue weighted by molar-refractivity contribution is 6.30. The summed E-state index contributed by atoms with van der Waals surface area (Å²) in [6.45, 7) is 3.84. The first-order valence-corrected chi connectivity index (χ1v) is 10.0. The van der Waals surface area contributed by atoms with E-state index in [2.05, 4.69) is 31.3 Å². The summed E-state index contributed by atoms with van der Waals surface area (Å²) in [6.07, 6.45) is 3.40. The van der Waals surface area contributed by atoms with Gasteiger partial charge in [0.1, 0.15) is 17.5 Å². The highest BCUT2D eigenvalue weighted by atomic mass is 35.5. The molecule has 6 nitrogen and oxygen atoms in total. The van der Waals surface area contributed by atoms with Crippen LogP contribution in [0.5, 0.6) is 0 Å². The Bertz CT molecular complexity index is 1230. The van der Waals surface area contributed by atoms with Crippen LogP contribution in [0, 0.1) is 12.7 Å². The van der Waals surface area contributed by atoms with E-state index in [1.807, 2.05) is 25.1 Å². The molecule has 1 atom stereocenters. The summed E-state index contributed by atoms with van der Waals surface area (Å²) in [5.41, 5.74) is 9.76. The molecule has 0 radical (unpaired) electrons. The fraction of sp³-hybridized carbons (Fsp3) is 0.130. The largest absolute Gasteiger partial charge is 0.368 e. The van der Waals surface area contributed by atoms with Gasteiger partial charge in [-0.3, -0.25) is 0 Å². The highest BCUT2D eigenvalue weighted by Crippen LogP contribution is 2.27. The van der Waals surface area contributed by atoms with Gasteiger partial charge in [0.2, 0.25) is 5.95 Å². The number of nitrogens with zero attached hydrogens (tertiary/aromatic N) is 4. The molecule has 0 aliphatic carbocycles. The maximum absolute atomic E-state index is 13.9. The molecule has 156 valence electrons. The lowest BCUT2D eigenvalue weighted by molar-refractivity contribution is 0.628. The van der Waals surface area contributed by atoms with Gasteiger partial charge in [0.25, 0.3) is 0 Å². The standard InChI is InChI=1S/C23H20ClFN6/c1-13(15-4-3-5-16(8-15)18-11-27-23(26)28-12-18)29-22-10-21(30-14(2)31-22)17-6-7-19(24)20(25)9-17/h3-13H,1-2H3,(H2,26,27,28)(H,29,30,31)/t13-/m0/s1. The van der Waals surface area contributed by atoms with Crippen LogP contribution >= 0.6 is 11.6 Å². The fourth-order valence-electron chi connectivity index (χ4n) is 3.22. The van der Waals surface area contributed by atoms with Crippen molar-refractivity contribution in [3.05, 3.63) is 83.2 Å². The lowest BCUT2D eigenvalue weighted by Crippen LogP contribution is -2.09. The average Bonchev–Trinajstić information content (AvgIpc) is 2.76. The number of nitrogens with one attached hydrogen (secondary N) is 1. The van der Waals surface area contributed by atoms with Gasteiger partial charge in [0.15, 0.2) is 0 Å². The van der Waals surface area contributed by atoms with E-state index in [0.29, 0.717) is 22.9 Å². The Morgan fingerprint density at radius 3 is 2.48 bits per heavy atom. The summed E-state index contributed by atoms with van der Waals surface area (Å²) in [5.74, 6) is 0.981. The van der Waals surface area contributed by atoms with Crippen LogP contribution in [0.3, 0.4) is 0 Å². The number of aryl methyl sites for hydroxylation is 1. The minimum absolute atomic E-state index is 0.0428. The summed E-state index contributed by atoms with van der Waals surface area (Å²) < 4.78 is 13.9. The van der Waals surface area contributed by atoms with E-state index in [-0.39, 0.29) is 17.0 Å². The van der Waals surface area contributed by atoms with E-state index in [9.17, 15) is 4.39 Å². The van der Waals surface area contributed by atoms with Crippen LogP contribution in [0.1, 0.15) is 24.4 Å². The van der Waals surface area contributed by atoms with Gasteiger partial charge in [-0.15, -0.1) is 0 Å². The van der Waals surface area contributed by atoms with Crippen LogP contribution in [0.4, 0.5) is 16.2 Å². The number of halogens is 2.